The maximum atomic E-state index is 12.9. The van der Waals surface area contributed by atoms with Gasteiger partial charge < -0.3 is 5.32 Å². The minimum atomic E-state index is -3.85. The molecule has 160 valence electrons. The van der Waals surface area contributed by atoms with E-state index in [-0.39, 0.29) is 29.6 Å². The van der Waals surface area contributed by atoms with Gasteiger partial charge in [0, 0.05) is 25.2 Å². The van der Waals surface area contributed by atoms with E-state index >= 15 is 0 Å². The summed E-state index contributed by atoms with van der Waals surface area (Å²) < 4.78 is 27.1. The Morgan fingerprint density at radius 1 is 0.839 bits per heavy atom. The molecule has 0 atom stereocenters. The van der Waals surface area contributed by atoms with Crippen molar-refractivity contribution in [2.45, 2.75) is 10.8 Å². The summed E-state index contributed by atoms with van der Waals surface area (Å²) in [5.74, 6) is -0.763. The molecule has 0 aliphatic carbocycles. The Labute approximate surface area is 180 Å². The van der Waals surface area contributed by atoms with Crippen LogP contribution in [-0.4, -0.2) is 32.3 Å². The van der Waals surface area contributed by atoms with Crippen molar-refractivity contribution in [1.82, 2.24) is 10.0 Å². The lowest BCUT2D eigenvalue weighted by Crippen LogP contribution is -2.37. The molecule has 31 heavy (non-hydrogen) atoms. The molecule has 0 unspecified atom stereocenters. The summed E-state index contributed by atoms with van der Waals surface area (Å²) in [4.78, 5) is 22.9. The summed E-state index contributed by atoms with van der Waals surface area (Å²) in [5, 5.41) is 13.5. The molecule has 3 aromatic carbocycles. The van der Waals surface area contributed by atoms with Gasteiger partial charge in [-0.2, -0.15) is 0 Å². The van der Waals surface area contributed by atoms with E-state index in [1.807, 2.05) is 60.7 Å². The quantitative estimate of drug-likeness (QED) is 0.302. The fourth-order valence-electron chi connectivity index (χ4n) is 3.09. The molecule has 0 saturated carbocycles. The van der Waals surface area contributed by atoms with Gasteiger partial charge in [0.25, 0.3) is 5.69 Å². The zero-order valence-electron chi connectivity index (χ0n) is 16.5. The van der Waals surface area contributed by atoms with Crippen LogP contribution in [0.15, 0.2) is 89.8 Å². The molecule has 0 spiro atoms. The lowest BCUT2D eigenvalue weighted by atomic mass is 9.90. The SMILES string of the molecule is O=C(NCCNS(=O)(=O)c1ccc([N+](=O)[O-])cc1)C(c1ccccc1)c1ccccc1. The van der Waals surface area contributed by atoms with E-state index in [0.29, 0.717) is 0 Å². The average Bonchev–Trinajstić information content (AvgIpc) is 2.78. The molecule has 1 amide bonds. The summed E-state index contributed by atoms with van der Waals surface area (Å²) >= 11 is 0. The third-order valence-electron chi connectivity index (χ3n) is 4.60. The Kier molecular flexibility index (Phi) is 7.11. The standard InChI is InChI=1S/C22H21N3O5S/c26-22(21(17-7-3-1-4-8-17)18-9-5-2-6-10-18)23-15-16-24-31(29,30)20-13-11-19(12-14-20)25(27)28/h1-14,21,24H,15-16H2,(H,23,26). The lowest BCUT2D eigenvalue weighted by Gasteiger charge is -2.18. The fourth-order valence-corrected chi connectivity index (χ4v) is 4.12. The molecule has 0 radical (unpaired) electrons. The van der Waals surface area contributed by atoms with Crippen molar-refractivity contribution in [2.24, 2.45) is 0 Å². The Balaban J connectivity index is 1.62. The molecule has 2 N–H and O–H groups in total. The van der Waals surface area contributed by atoms with E-state index in [2.05, 4.69) is 10.0 Å². The van der Waals surface area contributed by atoms with Crippen LogP contribution in [0.2, 0.25) is 0 Å². The monoisotopic (exact) mass is 439 g/mol. The highest BCUT2D eigenvalue weighted by molar-refractivity contribution is 7.89. The summed E-state index contributed by atoms with van der Waals surface area (Å²) in [6.45, 7) is 0.0581. The van der Waals surface area contributed by atoms with E-state index in [4.69, 9.17) is 0 Å². The molecular formula is C22H21N3O5S. The van der Waals surface area contributed by atoms with Gasteiger partial charge in [0.15, 0.2) is 0 Å². The molecule has 0 fully saturated rings. The normalized spacial score (nSPS) is 11.3. The largest absolute Gasteiger partial charge is 0.354 e. The van der Waals surface area contributed by atoms with Gasteiger partial charge in [-0.05, 0) is 23.3 Å². The third kappa shape index (κ3) is 5.74. The first-order chi connectivity index (χ1) is 14.9. The van der Waals surface area contributed by atoms with Gasteiger partial charge in [-0.25, -0.2) is 13.1 Å². The zero-order valence-corrected chi connectivity index (χ0v) is 17.3. The van der Waals surface area contributed by atoms with Crippen LogP contribution in [0.25, 0.3) is 0 Å². The molecule has 3 aromatic rings. The van der Waals surface area contributed by atoms with E-state index in [9.17, 15) is 23.3 Å². The van der Waals surface area contributed by atoms with Crippen molar-refractivity contribution in [3.8, 4) is 0 Å². The molecule has 0 heterocycles. The number of nitro groups is 1. The van der Waals surface area contributed by atoms with Crippen molar-refractivity contribution >= 4 is 21.6 Å². The van der Waals surface area contributed by atoms with E-state index < -0.39 is 20.9 Å². The molecule has 0 bridgehead atoms. The molecule has 9 heteroatoms. The second kappa shape index (κ2) is 9.96. The summed E-state index contributed by atoms with van der Waals surface area (Å²) in [6.07, 6.45) is 0. The maximum Gasteiger partial charge on any atom is 0.269 e. The lowest BCUT2D eigenvalue weighted by molar-refractivity contribution is -0.384. The minimum Gasteiger partial charge on any atom is -0.354 e. The number of nitro benzene ring substituents is 1. The van der Waals surface area contributed by atoms with Gasteiger partial charge in [-0.15, -0.1) is 0 Å². The second-order valence-electron chi connectivity index (χ2n) is 6.69. The number of nitrogens with zero attached hydrogens (tertiary/aromatic N) is 1. The van der Waals surface area contributed by atoms with Crippen LogP contribution >= 0.6 is 0 Å². The molecule has 0 saturated heterocycles. The number of nitrogens with one attached hydrogen (secondary N) is 2. The Bertz CT molecular complexity index is 1100. The molecule has 0 aliphatic rings. The molecule has 8 nitrogen and oxygen atoms in total. The smallest absolute Gasteiger partial charge is 0.269 e. The first-order valence-corrected chi connectivity index (χ1v) is 11.0. The van der Waals surface area contributed by atoms with Crippen LogP contribution in [0.3, 0.4) is 0 Å². The van der Waals surface area contributed by atoms with Gasteiger partial charge >= 0.3 is 0 Å². The van der Waals surface area contributed by atoms with Crippen LogP contribution in [0, 0.1) is 10.1 Å². The van der Waals surface area contributed by atoms with Gasteiger partial charge in [0.2, 0.25) is 15.9 Å². The number of hydrogen-bond donors (Lipinski definition) is 2. The number of benzene rings is 3. The highest BCUT2D eigenvalue weighted by atomic mass is 32.2. The fraction of sp³-hybridized carbons (Fsp3) is 0.136. The van der Waals surface area contributed by atoms with Crippen LogP contribution < -0.4 is 10.0 Å². The molecular weight excluding hydrogens is 418 g/mol. The minimum absolute atomic E-state index is 0.0264. The Morgan fingerprint density at radius 2 is 1.35 bits per heavy atom. The maximum absolute atomic E-state index is 12.9. The second-order valence-corrected chi connectivity index (χ2v) is 8.46. The van der Waals surface area contributed by atoms with E-state index in [0.717, 1.165) is 23.3 Å². The predicted octanol–water partition coefficient (Wildman–Crippen LogP) is 2.82. The van der Waals surface area contributed by atoms with Crippen molar-refractivity contribution in [1.29, 1.82) is 0 Å². The summed E-state index contributed by atoms with van der Waals surface area (Å²) in [6, 6.07) is 23.2. The number of rotatable bonds is 9. The van der Waals surface area contributed by atoms with Crippen LogP contribution in [0.4, 0.5) is 5.69 Å². The Hall–Kier alpha value is -3.56. The average molecular weight is 439 g/mol. The van der Waals surface area contributed by atoms with Crippen molar-refractivity contribution in [3.63, 3.8) is 0 Å². The third-order valence-corrected chi connectivity index (χ3v) is 6.08. The highest BCUT2D eigenvalue weighted by Gasteiger charge is 2.22. The number of hydrogen-bond acceptors (Lipinski definition) is 5. The molecule has 3 rings (SSSR count). The zero-order chi connectivity index (χ0) is 22.3. The van der Waals surface area contributed by atoms with Crippen LogP contribution in [0.1, 0.15) is 17.0 Å². The van der Waals surface area contributed by atoms with Crippen molar-refractivity contribution in [2.75, 3.05) is 13.1 Å². The molecule has 0 aliphatic heterocycles. The van der Waals surface area contributed by atoms with Crippen molar-refractivity contribution in [3.05, 3.63) is 106 Å². The van der Waals surface area contributed by atoms with Crippen LogP contribution in [0.5, 0.6) is 0 Å². The highest BCUT2D eigenvalue weighted by Crippen LogP contribution is 2.24. The van der Waals surface area contributed by atoms with Gasteiger partial charge in [-0.1, -0.05) is 60.7 Å². The number of sulfonamides is 1. The van der Waals surface area contributed by atoms with Gasteiger partial charge in [-0.3, -0.25) is 14.9 Å². The molecule has 0 aromatic heterocycles. The number of amides is 1. The predicted molar refractivity (Wildman–Crippen MR) is 116 cm³/mol. The van der Waals surface area contributed by atoms with Crippen molar-refractivity contribution < 1.29 is 18.1 Å². The number of non-ortho nitro benzene ring substituents is 1. The first-order valence-electron chi connectivity index (χ1n) is 9.50. The van der Waals surface area contributed by atoms with E-state index in [1.165, 1.54) is 12.1 Å². The summed E-state index contributed by atoms with van der Waals surface area (Å²) in [5.41, 5.74) is 1.47. The summed E-state index contributed by atoms with van der Waals surface area (Å²) in [7, 11) is -3.85. The first kappa shape index (κ1) is 22.1. The topological polar surface area (TPSA) is 118 Å². The van der Waals surface area contributed by atoms with Gasteiger partial charge in [0.05, 0.1) is 15.7 Å². The number of carbonyl (C=O) groups is 1. The van der Waals surface area contributed by atoms with Gasteiger partial charge in [0.1, 0.15) is 0 Å². The Morgan fingerprint density at radius 3 is 1.84 bits per heavy atom. The van der Waals surface area contributed by atoms with E-state index in [1.54, 1.807) is 0 Å². The number of carbonyl (C=O) groups excluding carboxylic acids is 1. The van der Waals surface area contributed by atoms with Crippen LogP contribution in [-0.2, 0) is 14.8 Å².